The Morgan fingerprint density at radius 1 is 1.00 bits per heavy atom. The zero-order valence-electron chi connectivity index (χ0n) is 18.9. The molecule has 0 spiro atoms. The Morgan fingerprint density at radius 3 is 2.50 bits per heavy atom. The third kappa shape index (κ3) is 6.81. The van der Waals surface area contributed by atoms with Crippen LogP contribution in [-0.2, 0) is 0 Å². The van der Waals surface area contributed by atoms with Crippen LogP contribution in [0.2, 0.25) is 0 Å². The van der Waals surface area contributed by atoms with Crippen LogP contribution in [0.3, 0.4) is 0 Å². The second-order valence-electron chi connectivity index (χ2n) is 8.18. The van der Waals surface area contributed by atoms with Gasteiger partial charge in [0.15, 0.2) is 0 Å². The van der Waals surface area contributed by atoms with Crippen LogP contribution in [0.25, 0.3) is 0 Å². The van der Waals surface area contributed by atoms with Gasteiger partial charge in [0.25, 0.3) is 11.8 Å². The van der Waals surface area contributed by atoms with Gasteiger partial charge in [0.2, 0.25) is 0 Å². The molecule has 0 unspecified atom stereocenters. The summed E-state index contributed by atoms with van der Waals surface area (Å²) < 4.78 is 6.57. The summed E-state index contributed by atoms with van der Waals surface area (Å²) in [6, 6.07) is 12.4. The van der Waals surface area contributed by atoms with Crippen LogP contribution in [-0.4, -0.2) is 61.4 Å². The van der Waals surface area contributed by atoms with E-state index in [0.717, 1.165) is 36.2 Å². The summed E-state index contributed by atoms with van der Waals surface area (Å²) in [6.45, 7) is 6.02. The average molecular weight is 502 g/mol. The monoisotopic (exact) mass is 501 g/mol. The molecule has 0 atom stereocenters. The van der Waals surface area contributed by atoms with Crippen molar-refractivity contribution in [1.29, 1.82) is 0 Å². The zero-order chi connectivity index (χ0) is 22.9. The number of ether oxygens (including phenoxy) is 1. The number of rotatable bonds is 9. The third-order valence-electron chi connectivity index (χ3n) is 5.61. The van der Waals surface area contributed by atoms with Crippen LogP contribution in [0.1, 0.15) is 53.3 Å². The summed E-state index contributed by atoms with van der Waals surface area (Å²) in [5, 5.41) is 2.90. The average Bonchev–Trinajstić information content (AvgIpc) is 2.80. The van der Waals surface area contributed by atoms with Gasteiger partial charge < -0.3 is 19.9 Å². The molecule has 0 saturated carbocycles. The smallest absolute Gasteiger partial charge is 0.255 e. The first-order valence-corrected chi connectivity index (χ1v) is 12.1. The Kier molecular flexibility index (Phi) is 9.11. The molecule has 3 rings (SSSR count). The number of piperazine rings is 1. The number of carbonyl (C=O) groups is 2. The van der Waals surface area contributed by atoms with Gasteiger partial charge in [0, 0.05) is 43.0 Å². The van der Waals surface area contributed by atoms with Gasteiger partial charge in [-0.3, -0.25) is 9.59 Å². The van der Waals surface area contributed by atoms with Gasteiger partial charge in [-0.15, -0.1) is 0 Å². The van der Waals surface area contributed by atoms with Crippen molar-refractivity contribution >= 4 is 33.4 Å². The van der Waals surface area contributed by atoms with Gasteiger partial charge >= 0.3 is 0 Å². The number of likely N-dealkylation sites (N-methyl/N-ethyl adjacent to an activating group) is 1. The number of nitrogens with zero attached hydrogens (tertiary/aromatic N) is 2. The lowest BCUT2D eigenvalue weighted by molar-refractivity contribution is 0.0664. The second-order valence-corrected chi connectivity index (χ2v) is 9.04. The molecule has 1 aliphatic rings. The van der Waals surface area contributed by atoms with Gasteiger partial charge in [-0.1, -0.05) is 32.3 Å². The molecule has 2 aromatic rings. The predicted molar refractivity (Wildman–Crippen MR) is 132 cm³/mol. The van der Waals surface area contributed by atoms with Crippen LogP contribution in [0.4, 0.5) is 5.69 Å². The van der Waals surface area contributed by atoms with E-state index in [9.17, 15) is 9.59 Å². The number of amides is 2. The van der Waals surface area contributed by atoms with Crippen LogP contribution >= 0.6 is 15.9 Å². The van der Waals surface area contributed by atoms with Crippen molar-refractivity contribution in [2.45, 2.75) is 32.6 Å². The minimum Gasteiger partial charge on any atom is -0.492 e. The van der Waals surface area contributed by atoms with E-state index in [-0.39, 0.29) is 11.8 Å². The highest BCUT2D eigenvalue weighted by atomic mass is 79.9. The molecule has 1 N–H and O–H groups in total. The van der Waals surface area contributed by atoms with Crippen LogP contribution in [0.15, 0.2) is 46.9 Å². The Balaban J connectivity index is 1.59. The molecule has 0 radical (unpaired) electrons. The van der Waals surface area contributed by atoms with Crippen molar-refractivity contribution in [2.24, 2.45) is 0 Å². The van der Waals surface area contributed by atoms with E-state index in [2.05, 4.69) is 40.1 Å². The molecular weight excluding hydrogens is 470 g/mol. The van der Waals surface area contributed by atoms with E-state index in [1.54, 1.807) is 36.4 Å². The van der Waals surface area contributed by atoms with Crippen molar-refractivity contribution < 1.29 is 14.3 Å². The molecule has 172 valence electrons. The number of halogens is 1. The lowest BCUT2D eigenvalue weighted by atomic mass is 10.1. The third-order valence-corrected chi connectivity index (χ3v) is 6.23. The molecule has 0 aromatic heterocycles. The number of carbonyl (C=O) groups excluding carboxylic acids is 2. The van der Waals surface area contributed by atoms with E-state index in [1.807, 2.05) is 11.0 Å². The molecule has 7 heteroatoms. The largest absolute Gasteiger partial charge is 0.492 e. The second kappa shape index (κ2) is 12.0. The highest BCUT2D eigenvalue weighted by molar-refractivity contribution is 9.10. The minimum absolute atomic E-state index is 0.00242. The summed E-state index contributed by atoms with van der Waals surface area (Å²) in [4.78, 5) is 29.6. The molecule has 1 fully saturated rings. The highest BCUT2D eigenvalue weighted by Gasteiger charge is 2.20. The van der Waals surface area contributed by atoms with Gasteiger partial charge in [-0.25, -0.2) is 0 Å². The number of benzene rings is 2. The number of hydrogen-bond donors (Lipinski definition) is 1. The quantitative estimate of drug-likeness (QED) is 0.488. The SMILES string of the molecule is CCCCCCOc1ccc(C(=O)Nc2cccc(C(=O)N3CCN(C)CC3)c2)cc1Br. The maximum absolute atomic E-state index is 12.8. The molecular formula is C25H32BrN3O3. The first-order valence-electron chi connectivity index (χ1n) is 11.3. The van der Waals surface area contributed by atoms with E-state index < -0.39 is 0 Å². The molecule has 6 nitrogen and oxygen atoms in total. The first kappa shape index (κ1) is 24.3. The number of unbranched alkanes of at least 4 members (excludes halogenated alkanes) is 3. The lowest BCUT2D eigenvalue weighted by Crippen LogP contribution is -2.47. The molecule has 1 aliphatic heterocycles. The molecule has 2 amide bonds. The lowest BCUT2D eigenvalue weighted by Gasteiger charge is -2.32. The minimum atomic E-state index is -0.232. The standard InChI is InChI=1S/C25H32BrN3O3/c1-3-4-5-6-16-32-23-11-10-19(18-22(23)26)24(30)27-21-9-7-8-20(17-21)25(31)29-14-12-28(2)13-15-29/h7-11,17-18H,3-6,12-16H2,1-2H3,(H,27,30). The Labute approximate surface area is 199 Å². The number of anilines is 1. The van der Waals surface area contributed by atoms with E-state index in [0.29, 0.717) is 36.5 Å². The van der Waals surface area contributed by atoms with E-state index in [4.69, 9.17) is 4.74 Å². The van der Waals surface area contributed by atoms with E-state index in [1.165, 1.54) is 12.8 Å². The van der Waals surface area contributed by atoms with Crippen molar-refractivity contribution in [2.75, 3.05) is 45.2 Å². The van der Waals surface area contributed by atoms with Gasteiger partial charge in [0.05, 0.1) is 11.1 Å². The maximum atomic E-state index is 12.8. The molecule has 1 saturated heterocycles. The van der Waals surface area contributed by atoms with Crippen molar-refractivity contribution in [3.05, 3.63) is 58.1 Å². The Morgan fingerprint density at radius 2 is 1.78 bits per heavy atom. The van der Waals surface area contributed by atoms with Crippen LogP contribution < -0.4 is 10.1 Å². The fourth-order valence-corrected chi connectivity index (χ4v) is 4.09. The molecule has 0 aliphatic carbocycles. The fraction of sp³-hybridized carbons (Fsp3) is 0.440. The topological polar surface area (TPSA) is 61.9 Å². The van der Waals surface area contributed by atoms with Gasteiger partial charge in [0.1, 0.15) is 5.75 Å². The summed E-state index contributed by atoms with van der Waals surface area (Å²) in [5.41, 5.74) is 1.70. The number of hydrogen-bond acceptors (Lipinski definition) is 4. The van der Waals surface area contributed by atoms with Crippen LogP contribution in [0, 0.1) is 0 Å². The molecule has 0 bridgehead atoms. The fourth-order valence-electron chi connectivity index (χ4n) is 3.60. The molecule has 1 heterocycles. The molecule has 2 aromatic carbocycles. The summed E-state index contributed by atoms with van der Waals surface area (Å²) in [6.07, 6.45) is 4.59. The van der Waals surface area contributed by atoms with E-state index >= 15 is 0 Å². The number of nitrogens with one attached hydrogen (secondary N) is 1. The maximum Gasteiger partial charge on any atom is 0.255 e. The summed E-state index contributed by atoms with van der Waals surface area (Å²) >= 11 is 3.50. The first-order chi connectivity index (χ1) is 15.5. The normalized spacial score (nSPS) is 14.3. The predicted octanol–water partition coefficient (Wildman–Crippen LogP) is 5.05. The Bertz CT molecular complexity index is 926. The van der Waals surface area contributed by atoms with Crippen molar-refractivity contribution in [1.82, 2.24) is 9.80 Å². The van der Waals surface area contributed by atoms with Crippen LogP contribution in [0.5, 0.6) is 5.75 Å². The zero-order valence-corrected chi connectivity index (χ0v) is 20.5. The van der Waals surface area contributed by atoms with Crippen molar-refractivity contribution in [3.8, 4) is 5.75 Å². The van der Waals surface area contributed by atoms with Crippen molar-refractivity contribution in [3.63, 3.8) is 0 Å². The summed E-state index contributed by atoms with van der Waals surface area (Å²) in [5.74, 6) is 0.500. The summed E-state index contributed by atoms with van der Waals surface area (Å²) in [7, 11) is 2.06. The van der Waals surface area contributed by atoms with Gasteiger partial charge in [-0.05, 0) is 65.8 Å². The van der Waals surface area contributed by atoms with Gasteiger partial charge in [-0.2, -0.15) is 0 Å². The Hall–Kier alpha value is -2.38. The molecule has 32 heavy (non-hydrogen) atoms. The highest BCUT2D eigenvalue weighted by Crippen LogP contribution is 2.27.